The van der Waals surface area contributed by atoms with Gasteiger partial charge in [0.15, 0.2) is 11.3 Å². The summed E-state index contributed by atoms with van der Waals surface area (Å²) in [5, 5.41) is 1.44. The predicted molar refractivity (Wildman–Crippen MR) is 65.1 cm³/mol. The maximum absolute atomic E-state index is 11.8. The van der Waals surface area contributed by atoms with Crippen LogP contribution in [0.5, 0.6) is 0 Å². The number of Topliss-reactive ketones (excluding diaryl/α,β-unsaturated/α-hetero) is 1. The second kappa shape index (κ2) is 3.95. The van der Waals surface area contributed by atoms with Gasteiger partial charge in [0.2, 0.25) is 5.78 Å². The van der Waals surface area contributed by atoms with Crippen molar-refractivity contribution < 1.29 is 9.21 Å². The fraction of sp³-hybridized carbons (Fsp3) is 0.308. The van der Waals surface area contributed by atoms with Crippen molar-refractivity contribution in [2.45, 2.75) is 20.8 Å². The van der Waals surface area contributed by atoms with Crippen LogP contribution in [0.2, 0.25) is 5.02 Å². The van der Waals surface area contributed by atoms with Crippen LogP contribution < -0.4 is 0 Å². The Morgan fingerprint density at radius 3 is 2.62 bits per heavy atom. The van der Waals surface area contributed by atoms with Crippen LogP contribution in [0.15, 0.2) is 22.6 Å². The Labute approximate surface area is 99.2 Å². The molecule has 1 aromatic heterocycles. The van der Waals surface area contributed by atoms with Crippen molar-refractivity contribution in [3.63, 3.8) is 0 Å². The number of aryl methyl sites for hydroxylation is 1. The number of carbonyl (C=O) groups excluding carboxylic acids is 1. The minimum atomic E-state index is -0.0690. The van der Waals surface area contributed by atoms with E-state index in [1.165, 1.54) is 0 Å². The summed E-state index contributed by atoms with van der Waals surface area (Å²) in [6.45, 7) is 5.66. The number of fused-ring (bicyclic) bond motifs is 1. The van der Waals surface area contributed by atoms with Gasteiger partial charge in [-0.15, -0.1) is 0 Å². The van der Waals surface area contributed by atoms with E-state index in [1.54, 1.807) is 6.07 Å². The van der Waals surface area contributed by atoms with Crippen molar-refractivity contribution in [3.05, 3.63) is 34.5 Å². The van der Waals surface area contributed by atoms with Crippen molar-refractivity contribution >= 4 is 28.4 Å². The zero-order valence-corrected chi connectivity index (χ0v) is 10.3. The molecule has 1 heterocycles. The van der Waals surface area contributed by atoms with Crippen LogP contribution in [0.3, 0.4) is 0 Å². The van der Waals surface area contributed by atoms with Crippen LogP contribution >= 0.6 is 11.6 Å². The lowest BCUT2D eigenvalue weighted by atomic mass is 10.1. The highest BCUT2D eigenvalue weighted by molar-refractivity contribution is 6.35. The number of furan rings is 1. The molecule has 0 spiro atoms. The number of benzene rings is 1. The first kappa shape index (κ1) is 11.2. The summed E-state index contributed by atoms with van der Waals surface area (Å²) >= 11 is 6.05. The third-order valence-corrected chi connectivity index (χ3v) is 2.76. The molecule has 0 aliphatic carbocycles. The first-order chi connectivity index (χ1) is 7.49. The van der Waals surface area contributed by atoms with Gasteiger partial charge in [-0.25, -0.2) is 0 Å². The third-order valence-electron chi connectivity index (χ3n) is 2.48. The Kier molecular flexibility index (Phi) is 2.76. The molecule has 16 heavy (non-hydrogen) atoms. The molecule has 84 valence electrons. The second-order valence-corrected chi connectivity index (χ2v) is 4.70. The Morgan fingerprint density at radius 1 is 1.31 bits per heavy atom. The lowest BCUT2D eigenvalue weighted by molar-refractivity contribution is 0.0913. The van der Waals surface area contributed by atoms with Gasteiger partial charge in [-0.05, 0) is 30.7 Å². The molecule has 0 N–H and O–H groups in total. The molecule has 3 heteroatoms. The first-order valence-electron chi connectivity index (χ1n) is 5.23. The summed E-state index contributed by atoms with van der Waals surface area (Å²) in [7, 11) is 0. The highest BCUT2D eigenvalue weighted by atomic mass is 35.5. The minimum Gasteiger partial charge on any atom is -0.451 e. The zero-order chi connectivity index (χ0) is 11.9. The number of ketones is 1. The molecule has 2 nitrogen and oxygen atoms in total. The van der Waals surface area contributed by atoms with Crippen molar-refractivity contribution in [2.24, 2.45) is 5.92 Å². The van der Waals surface area contributed by atoms with Gasteiger partial charge in [-0.3, -0.25) is 4.79 Å². The summed E-state index contributed by atoms with van der Waals surface area (Å²) in [6, 6.07) is 5.55. The fourth-order valence-corrected chi connectivity index (χ4v) is 1.98. The van der Waals surface area contributed by atoms with Crippen LogP contribution in [0, 0.1) is 12.8 Å². The topological polar surface area (TPSA) is 30.2 Å². The van der Waals surface area contributed by atoms with Gasteiger partial charge in [0.05, 0.1) is 5.02 Å². The molecule has 0 amide bonds. The van der Waals surface area contributed by atoms with E-state index in [-0.39, 0.29) is 11.7 Å². The lowest BCUT2D eigenvalue weighted by Gasteiger charge is -1.98. The molecule has 0 radical (unpaired) electrons. The molecule has 1 aromatic carbocycles. The van der Waals surface area contributed by atoms with E-state index in [0.29, 0.717) is 16.4 Å². The van der Waals surface area contributed by atoms with Crippen LogP contribution in [0.1, 0.15) is 30.0 Å². The summed E-state index contributed by atoms with van der Waals surface area (Å²) in [5.41, 5.74) is 1.65. The average Bonchev–Trinajstić information content (AvgIpc) is 2.60. The van der Waals surface area contributed by atoms with Gasteiger partial charge in [0, 0.05) is 11.3 Å². The third kappa shape index (κ3) is 1.85. The van der Waals surface area contributed by atoms with E-state index in [4.69, 9.17) is 16.0 Å². The quantitative estimate of drug-likeness (QED) is 0.731. The molecule has 0 aliphatic heterocycles. The smallest absolute Gasteiger partial charge is 0.200 e. The van der Waals surface area contributed by atoms with E-state index >= 15 is 0 Å². The van der Waals surface area contributed by atoms with E-state index in [1.807, 2.05) is 32.9 Å². The summed E-state index contributed by atoms with van der Waals surface area (Å²) in [6.07, 6.45) is 0. The summed E-state index contributed by atoms with van der Waals surface area (Å²) in [4.78, 5) is 11.8. The first-order valence-corrected chi connectivity index (χ1v) is 5.60. The van der Waals surface area contributed by atoms with E-state index in [0.717, 1.165) is 10.9 Å². The van der Waals surface area contributed by atoms with Gasteiger partial charge in [-0.2, -0.15) is 0 Å². The van der Waals surface area contributed by atoms with E-state index in [9.17, 15) is 4.79 Å². The van der Waals surface area contributed by atoms with E-state index < -0.39 is 0 Å². The molecule has 2 aromatic rings. The number of halogens is 1. The monoisotopic (exact) mass is 236 g/mol. The van der Waals surface area contributed by atoms with Crippen LogP contribution in [0.4, 0.5) is 0 Å². The SMILES string of the molecule is Cc1cc(Cl)c2oc(C(=O)C(C)C)cc2c1. The standard InChI is InChI=1S/C13H13ClO2/c1-7(2)12(15)11-6-9-4-8(3)5-10(14)13(9)16-11/h4-7H,1-3H3. The second-order valence-electron chi connectivity index (χ2n) is 4.29. The predicted octanol–water partition coefficient (Wildman–Crippen LogP) is 4.23. The summed E-state index contributed by atoms with van der Waals surface area (Å²) < 4.78 is 5.50. The Morgan fingerprint density at radius 2 is 2.00 bits per heavy atom. The Hall–Kier alpha value is -1.28. The highest BCUT2D eigenvalue weighted by Gasteiger charge is 2.16. The van der Waals surface area contributed by atoms with Gasteiger partial charge in [0.25, 0.3) is 0 Å². The molecular formula is C13H13ClO2. The molecule has 0 saturated heterocycles. The maximum atomic E-state index is 11.8. The van der Waals surface area contributed by atoms with Gasteiger partial charge >= 0.3 is 0 Å². The molecule has 0 fully saturated rings. The van der Waals surface area contributed by atoms with Crippen molar-refractivity contribution in [1.82, 2.24) is 0 Å². The van der Waals surface area contributed by atoms with Crippen molar-refractivity contribution in [3.8, 4) is 0 Å². The maximum Gasteiger partial charge on any atom is 0.200 e. The normalized spacial score (nSPS) is 11.3. The largest absolute Gasteiger partial charge is 0.451 e. The molecule has 0 aliphatic rings. The van der Waals surface area contributed by atoms with Gasteiger partial charge in [0.1, 0.15) is 0 Å². The minimum absolute atomic E-state index is 0.00456. The van der Waals surface area contributed by atoms with Crippen molar-refractivity contribution in [1.29, 1.82) is 0 Å². The molecular weight excluding hydrogens is 224 g/mol. The van der Waals surface area contributed by atoms with E-state index in [2.05, 4.69) is 0 Å². The average molecular weight is 237 g/mol. The molecule has 2 rings (SSSR count). The Bertz CT molecular complexity index is 552. The highest BCUT2D eigenvalue weighted by Crippen LogP contribution is 2.29. The van der Waals surface area contributed by atoms with Crippen molar-refractivity contribution in [2.75, 3.05) is 0 Å². The van der Waals surface area contributed by atoms with Crippen LogP contribution in [-0.4, -0.2) is 5.78 Å². The molecule has 0 saturated carbocycles. The number of hydrogen-bond acceptors (Lipinski definition) is 2. The molecule has 0 bridgehead atoms. The molecule has 0 atom stereocenters. The number of hydrogen-bond donors (Lipinski definition) is 0. The number of rotatable bonds is 2. The zero-order valence-electron chi connectivity index (χ0n) is 9.50. The van der Waals surface area contributed by atoms with Gasteiger partial charge < -0.3 is 4.42 Å². The van der Waals surface area contributed by atoms with Gasteiger partial charge in [-0.1, -0.05) is 25.4 Å². The van der Waals surface area contributed by atoms with Crippen LogP contribution in [-0.2, 0) is 0 Å². The lowest BCUT2D eigenvalue weighted by Crippen LogP contribution is -2.05. The fourth-order valence-electron chi connectivity index (χ4n) is 1.66. The summed E-state index contributed by atoms with van der Waals surface area (Å²) in [5.74, 6) is 0.322. The number of carbonyl (C=O) groups is 1. The van der Waals surface area contributed by atoms with Crippen LogP contribution in [0.25, 0.3) is 11.0 Å². The molecule has 0 unspecified atom stereocenters. The Balaban J connectivity index is 2.60.